The monoisotopic (exact) mass is 630 g/mol. The van der Waals surface area contributed by atoms with Gasteiger partial charge in [0.15, 0.2) is 0 Å². The normalized spacial score (nSPS) is 25.6. The van der Waals surface area contributed by atoms with Gasteiger partial charge in [-0.1, -0.05) is 0 Å². The fourth-order valence-corrected chi connectivity index (χ4v) is 3.52. The molecule has 1 fully saturated rings. The molecule has 0 aromatic rings. The molecule has 38 heavy (non-hydrogen) atoms. The maximum absolute atomic E-state index is 14.0. The van der Waals surface area contributed by atoms with Crippen LogP contribution in [-0.4, -0.2) is 66.5 Å². The van der Waals surface area contributed by atoms with Gasteiger partial charge in [-0.25, -0.2) is 0 Å². The summed E-state index contributed by atoms with van der Waals surface area (Å²) in [7, 11) is 0. The van der Waals surface area contributed by atoms with Crippen molar-refractivity contribution in [2.24, 2.45) is 11.3 Å². The summed E-state index contributed by atoms with van der Waals surface area (Å²) in [5, 5.41) is 0. The minimum absolute atomic E-state index is 1.60. The largest absolute Gasteiger partial charge is 0.435 e. The Kier molecular flexibility index (Phi) is 7.37. The van der Waals surface area contributed by atoms with E-state index in [-0.39, 0.29) is 0 Å². The fourth-order valence-electron chi connectivity index (χ4n) is 3.52. The molecule has 1 saturated carbocycles. The second-order valence-electron chi connectivity index (χ2n) is 7.31. The van der Waals surface area contributed by atoms with Crippen LogP contribution >= 0.6 is 0 Å². The third-order valence-electron chi connectivity index (χ3n) is 5.20. The van der Waals surface area contributed by atoms with E-state index < -0.39 is 77.9 Å². The third-order valence-corrected chi connectivity index (χ3v) is 5.20. The number of halogens is 24. The number of alkyl halides is 24. The zero-order valence-electron chi connectivity index (χ0n) is 16.1. The summed E-state index contributed by atoms with van der Waals surface area (Å²) in [5.74, 6) is -32.0. The van der Waals surface area contributed by atoms with Crippen molar-refractivity contribution in [2.75, 3.05) is 0 Å². The van der Waals surface area contributed by atoms with E-state index in [2.05, 4.69) is 0 Å². The van der Waals surface area contributed by atoms with Gasteiger partial charge in [0.1, 0.15) is 6.10 Å². The van der Waals surface area contributed by atoms with Crippen molar-refractivity contribution >= 4 is 0 Å². The molecule has 1 rings (SSSR count). The highest BCUT2D eigenvalue weighted by Gasteiger charge is 3.00. The van der Waals surface area contributed by atoms with Crippen LogP contribution in [0.4, 0.5) is 105 Å². The molecule has 0 aliphatic heterocycles. The Morgan fingerprint density at radius 1 is 0.395 bits per heavy atom. The second kappa shape index (κ2) is 8.16. The Balaban J connectivity index is 4.53. The predicted octanol–water partition coefficient (Wildman–Crippen LogP) is 8.01. The van der Waals surface area contributed by atoms with Crippen molar-refractivity contribution < 1.29 is 110 Å². The van der Waals surface area contributed by atoms with E-state index >= 15 is 0 Å². The zero-order chi connectivity index (χ0) is 31.4. The molecule has 0 aromatic heterocycles. The molecule has 1 nitrogen and oxygen atoms in total. The molecule has 0 radical (unpaired) electrons. The van der Waals surface area contributed by atoms with Crippen molar-refractivity contribution in [3.05, 3.63) is 0 Å². The van der Waals surface area contributed by atoms with Crippen LogP contribution in [0.2, 0.25) is 0 Å². The van der Waals surface area contributed by atoms with E-state index in [1.807, 2.05) is 0 Å². The molecule has 0 aromatic carbocycles. The van der Waals surface area contributed by atoms with Gasteiger partial charge in [-0.05, 0) is 0 Å². The molecule has 0 spiro atoms. The van der Waals surface area contributed by atoms with Crippen LogP contribution in [0.1, 0.15) is 0 Å². The molecule has 0 amide bonds. The molecule has 2 unspecified atom stereocenters. The molecule has 1 aliphatic carbocycles. The van der Waals surface area contributed by atoms with Crippen molar-refractivity contribution in [3.63, 3.8) is 0 Å². The van der Waals surface area contributed by atoms with Crippen LogP contribution in [0, 0.1) is 11.3 Å². The predicted molar refractivity (Wildman–Crippen MR) is 64.7 cm³/mol. The van der Waals surface area contributed by atoms with E-state index in [1.165, 1.54) is 0 Å². The summed E-state index contributed by atoms with van der Waals surface area (Å²) in [4.78, 5) is 0. The smallest absolute Gasteiger partial charge is 0.341 e. The zero-order valence-corrected chi connectivity index (χ0v) is 16.1. The van der Waals surface area contributed by atoms with Crippen molar-refractivity contribution in [1.29, 1.82) is 0 Å². The average molecular weight is 630 g/mol. The van der Waals surface area contributed by atoms with E-state index in [4.69, 9.17) is 0 Å². The minimum Gasteiger partial charge on any atom is -0.341 e. The molecule has 0 heterocycles. The van der Waals surface area contributed by atoms with Crippen LogP contribution in [-0.2, 0) is 4.74 Å². The summed E-state index contributed by atoms with van der Waals surface area (Å²) >= 11 is 0. The summed E-state index contributed by atoms with van der Waals surface area (Å²) in [6, 6.07) is 0. The summed E-state index contributed by atoms with van der Waals surface area (Å²) in [6.45, 7) is 0. The van der Waals surface area contributed by atoms with Crippen LogP contribution in [0.3, 0.4) is 0 Å². The van der Waals surface area contributed by atoms with Gasteiger partial charge in [-0.2, -0.15) is 105 Å². The Bertz CT molecular complexity index is 800. The number of ether oxygens (including phenoxy) is 1. The average Bonchev–Trinajstić information content (AvgIpc) is 2.61. The van der Waals surface area contributed by atoms with E-state index in [0.717, 1.165) is 0 Å². The van der Waals surface area contributed by atoms with Gasteiger partial charge >= 0.3 is 60.4 Å². The Labute approximate surface area is 189 Å². The first-order chi connectivity index (χ1) is 16.0. The quantitative estimate of drug-likeness (QED) is 0.288. The van der Waals surface area contributed by atoms with Crippen molar-refractivity contribution in [2.45, 2.75) is 66.5 Å². The fraction of sp³-hybridized carbons (Fsp3) is 1.00. The van der Waals surface area contributed by atoms with E-state index in [0.29, 0.717) is 0 Å². The highest BCUT2D eigenvalue weighted by atomic mass is 19.5. The van der Waals surface area contributed by atoms with Crippen LogP contribution in [0.25, 0.3) is 0 Å². The van der Waals surface area contributed by atoms with Crippen LogP contribution in [0.5, 0.6) is 0 Å². The molecular weight excluding hydrogens is 628 g/mol. The van der Waals surface area contributed by atoms with Gasteiger partial charge in [-0.15, -0.1) is 0 Å². The van der Waals surface area contributed by atoms with Gasteiger partial charge < -0.3 is 4.74 Å². The third kappa shape index (κ3) is 4.01. The lowest BCUT2D eigenvalue weighted by Gasteiger charge is -2.47. The van der Waals surface area contributed by atoms with Crippen molar-refractivity contribution in [1.82, 2.24) is 0 Å². The van der Waals surface area contributed by atoms with E-state index in [1.54, 1.807) is 4.74 Å². The molecule has 0 N–H and O–H groups in total. The van der Waals surface area contributed by atoms with Gasteiger partial charge in [-0.3, -0.25) is 0 Å². The number of hydrogen-bond acceptors (Lipinski definition) is 1. The second-order valence-corrected chi connectivity index (χ2v) is 7.31. The summed E-state index contributed by atoms with van der Waals surface area (Å²) in [6.07, 6.45) is -58.6. The Morgan fingerprint density at radius 2 is 0.658 bits per heavy atom. The molecule has 25 heteroatoms. The highest BCUT2D eigenvalue weighted by Crippen LogP contribution is 2.74. The topological polar surface area (TPSA) is 9.23 Å². The van der Waals surface area contributed by atoms with Crippen LogP contribution < -0.4 is 0 Å². The maximum atomic E-state index is 14.0. The summed E-state index contributed by atoms with van der Waals surface area (Å²) in [5.41, 5.74) is -17.4. The molecule has 0 bridgehead atoms. The van der Waals surface area contributed by atoms with Gasteiger partial charge in [0.2, 0.25) is 0 Å². The van der Waals surface area contributed by atoms with Crippen LogP contribution in [0.15, 0.2) is 0 Å². The SMILES string of the molecule is FC(F)(F)C(OC1C(C(C(F)(F)F)(C(F)(F)F)C(F)(F)F)C(F)(F)C(F)(F)C1(F)F)(C(F)(F)F)C(F)(F)F. The lowest BCUT2D eigenvalue weighted by molar-refractivity contribution is -0.490. The first-order valence-corrected chi connectivity index (χ1v) is 8.17. The number of hydrogen-bond donors (Lipinski definition) is 0. The standard InChI is InChI=1S/C13H2F24O/c14-4(15)1(3(8(20,21)22,9(23,24)25)10(26,27)28)2(5(16,17)7(4,18)19)38-6(11(29,30)31,12(32,33)34)13(35,36)37/h1-2H. The lowest BCUT2D eigenvalue weighted by Crippen LogP contribution is -2.73. The van der Waals surface area contributed by atoms with Crippen molar-refractivity contribution in [3.8, 4) is 0 Å². The summed E-state index contributed by atoms with van der Waals surface area (Å²) < 4.78 is 320. The first kappa shape index (κ1) is 34.3. The molecule has 0 saturated heterocycles. The molecule has 2 atom stereocenters. The Morgan fingerprint density at radius 3 is 0.868 bits per heavy atom. The van der Waals surface area contributed by atoms with Gasteiger partial charge in [0.05, 0.1) is 5.92 Å². The van der Waals surface area contributed by atoms with Gasteiger partial charge in [0.25, 0.3) is 5.41 Å². The Hall–Kier alpha value is -1.72. The lowest BCUT2D eigenvalue weighted by atomic mass is 9.69. The maximum Gasteiger partial charge on any atom is 0.435 e. The molecule has 228 valence electrons. The molecular formula is C13H2F24O. The number of rotatable bonds is 3. The highest BCUT2D eigenvalue weighted by molar-refractivity contribution is 5.24. The van der Waals surface area contributed by atoms with E-state index in [9.17, 15) is 105 Å². The minimum atomic E-state index is -8.83. The first-order valence-electron chi connectivity index (χ1n) is 8.17. The molecule has 1 aliphatic rings. The van der Waals surface area contributed by atoms with Gasteiger partial charge in [0, 0.05) is 0 Å².